The predicted molar refractivity (Wildman–Crippen MR) is 66.3 cm³/mol. The highest BCUT2D eigenvalue weighted by atomic mass is 35.5. The highest BCUT2D eigenvalue weighted by Crippen LogP contribution is 2.16. The first-order chi connectivity index (χ1) is 8.61. The molecule has 5 nitrogen and oxygen atoms in total. The molecule has 0 aliphatic carbocycles. The van der Waals surface area contributed by atoms with Crippen LogP contribution >= 0.6 is 11.6 Å². The summed E-state index contributed by atoms with van der Waals surface area (Å²) in [5, 5.41) is 9.06. The Labute approximate surface area is 111 Å². The predicted octanol–water partition coefficient (Wildman–Crippen LogP) is 1.60. The van der Waals surface area contributed by atoms with Gasteiger partial charge in [0, 0.05) is 26.2 Å². The van der Waals surface area contributed by atoms with Crippen molar-refractivity contribution in [3.63, 3.8) is 0 Å². The third-order valence-corrected chi connectivity index (χ3v) is 3.32. The van der Waals surface area contributed by atoms with Crippen molar-refractivity contribution in [2.24, 2.45) is 0 Å². The van der Waals surface area contributed by atoms with Gasteiger partial charge < -0.3 is 9.32 Å². The molecule has 0 N–H and O–H groups in total. The third-order valence-electron chi connectivity index (χ3n) is 3.12. The lowest BCUT2D eigenvalue weighted by molar-refractivity contribution is 0.0585. The minimum atomic E-state index is -0.147. The van der Waals surface area contributed by atoms with E-state index in [-0.39, 0.29) is 22.9 Å². The summed E-state index contributed by atoms with van der Waals surface area (Å²) in [6.45, 7) is 4.47. The Morgan fingerprint density at radius 1 is 1.44 bits per heavy atom. The van der Waals surface area contributed by atoms with Crippen LogP contribution in [0.2, 0.25) is 5.22 Å². The summed E-state index contributed by atoms with van der Waals surface area (Å²) in [4.78, 5) is 15.8. The molecule has 0 spiro atoms. The van der Waals surface area contributed by atoms with Gasteiger partial charge in [0.15, 0.2) is 11.0 Å². The summed E-state index contributed by atoms with van der Waals surface area (Å²) < 4.78 is 5.10. The molecule has 1 unspecified atom stereocenters. The molecule has 0 radical (unpaired) electrons. The van der Waals surface area contributed by atoms with Gasteiger partial charge in [0.25, 0.3) is 5.91 Å². The van der Waals surface area contributed by atoms with Crippen molar-refractivity contribution in [2.45, 2.75) is 13.0 Å². The van der Waals surface area contributed by atoms with Gasteiger partial charge in [-0.05, 0) is 30.7 Å². The number of furan rings is 1. The maximum atomic E-state index is 12.0. The number of hydrogen-bond acceptors (Lipinski definition) is 4. The van der Waals surface area contributed by atoms with Crippen molar-refractivity contribution >= 4 is 17.5 Å². The monoisotopic (exact) mass is 267 g/mol. The molecule has 0 aromatic carbocycles. The molecule has 96 valence electrons. The first-order valence-corrected chi connectivity index (χ1v) is 6.18. The first kappa shape index (κ1) is 12.9. The summed E-state index contributed by atoms with van der Waals surface area (Å²) in [5.74, 6) is 0.118. The molecular formula is C12H14ClN3O2. The minimum Gasteiger partial charge on any atom is -0.440 e. The van der Waals surface area contributed by atoms with Gasteiger partial charge in [-0.15, -0.1) is 0 Å². The van der Waals surface area contributed by atoms with Crippen LogP contribution in [0.1, 0.15) is 17.5 Å². The molecule has 1 aliphatic heterocycles. The average Bonchev–Trinajstić information content (AvgIpc) is 2.84. The van der Waals surface area contributed by atoms with Gasteiger partial charge in [0.05, 0.1) is 12.1 Å². The van der Waals surface area contributed by atoms with Crippen LogP contribution < -0.4 is 0 Å². The van der Waals surface area contributed by atoms with E-state index in [4.69, 9.17) is 21.3 Å². The molecule has 18 heavy (non-hydrogen) atoms. The number of carbonyl (C=O) groups is 1. The summed E-state index contributed by atoms with van der Waals surface area (Å²) in [6, 6.07) is 5.23. The van der Waals surface area contributed by atoms with E-state index in [0.717, 1.165) is 0 Å². The molecule has 1 aromatic rings. The van der Waals surface area contributed by atoms with Gasteiger partial charge in [0.2, 0.25) is 0 Å². The van der Waals surface area contributed by atoms with Crippen molar-refractivity contribution in [3.05, 3.63) is 23.1 Å². The molecule has 0 bridgehead atoms. The van der Waals surface area contributed by atoms with E-state index in [0.29, 0.717) is 26.2 Å². The molecule has 1 saturated heterocycles. The first-order valence-electron chi connectivity index (χ1n) is 5.80. The quantitative estimate of drug-likeness (QED) is 0.817. The number of piperazine rings is 1. The van der Waals surface area contributed by atoms with Crippen molar-refractivity contribution in [2.75, 3.05) is 26.2 Å². The zero-order valence-electron chi connectivity index (χ0n) is 10.1. The Bertz CT molecular complexity index is 472. The van der Waals surface area contributed by atoms with Crippen LogP contribution in [0, 0.1) is 11.3 Å². The van der Waals surface area contributed by atoms with Crippen molar-refractivity contribution in [3.8, 4) is 6.07 Å². The van der Waals surface area contributed by atoms with Gasteiger partial charge in [-0.1, -0.05) is 0 Å². The number of nitriles is 1. The molecule has 1 atom stereocenters. The van der Waals surface area contributed by atoms with Crippen molar-refractivity contribution in [1.82, 2.24) is 9.80 Å². The van der Waals surface area contributed by atoms with Crippen LogP contribution in [0.15, 0.2) is 16.5 Å². The zero-order valence-corrected chi connectivity index (χ0v) is 10.9. The van der Waals surface area contributed by atoms with Crippen LogP contribution in [-0.2, 0) is 0 Å². The number of hydrogen-bond donors (Lipinski definition) is 0. The molecule has 0 saturated carbocycles. The Balaban J connectivity index is 1.94. The maximum Gasteiger partial charge on any atom is 0.289 e. The van der Waals surface area contributed by atoms with Gasteiger partial charge >= 0.3 is 0 Å². The second kappa shape index (κ2) is 5.42. The summed E-state index contributed by atoms with van der Waals surface area (Å²) >= 11 is 5.65. The fourth-order valence-electron chi connectivity index (χ4n) is 1.98. The zero-order chi connectivity index (χ0) is 13.1. The second-order valence-electron chi connectivity index (χ2n) is 4.24. The third kappa shape index (κ3) is 2.66. The molecular weight excluding hydrogens is 254 g/mol. The van der Waals surface area contributed by atoms with E-state index in [2.05, 4.69) is 11.0 Å². The lowest BCUT2D eigenvalue weighted by Crippen LogP contribution is -2.51. The molecule has 1 aromatic heterocycles. The summed E-state index contributed by atoms with van der Waals surface area (Å²) in [6.07, 6.45) is 0. The fourth-order valence-corrected chi connectivity index (χ4v) is 2.13. The Kier molecular flexibility index (Phi) is 3.90. The highest BCUT2D eigenvalue weighted by Gasteiger charge is 2.26. The van der Waals surface area contributed by atoms with E-state index in [9.17, 15) is 4.79 Å². The van der Waals surface area contributed by atoms with E-state index >= 15 is 0 Å². The highest BCUT2D eigenvalue weighted by molar-refractivity contribution is 6.29. The van der Waals surface area contributed by atoms with E-state index < -0.39 is 0 Å². The van der Waals surface area contributed by atoms with Gasteiger partial charge in [-0.2, -0.15) is 5.26 Å². The van der Waals surface area contributed by atoms with Crippen LogP contribution in [0.3, 0.4) is 0 Å². The summed E-state index contributed by atoms with van der Waals surface area (Å²) in [5.41, 5.74) is 0. The van der Waals surface area contributed by atoms with Crippen LogP contribution in [0.25, 0.3) is 0 Å². The average molecular weight is 268 g/mol. The number of nitrogens with zero attached hydrogens (tertiary/aromatic N) is 3. The molecule has 1 amide bonds. The minimum absolute atomic E-state index is 0.111. The van der Waals surface area contributed by atoms with Crippen LogP contribution in [-0.4, -0.2) is 47.9 Å². The van der Waals surface area contributed by atoms with Gasteiger partial charge in [0.1, 0.15) is 0 Å². The topological polar surface area (TPSA) is 60.5 Å². The van der Waals surface area contributed by atoms with Crippen molar-refractivity contribution < 1.29 is 9.21 Å². The lowest BCUT2D eigenvalue weighted by Gasteiger charge is -2.35. The van der Waals surface area contributed by atoms with Crippen LogP contribution in [0.4, 0.5) is 0 Å². The van der Waals surface area contributed by atoms with Crippen LogP contribution in [0.5, 0.6) is 0 Å². The molecule has 6 heteroatoms. The van der Waals surface area contributed by atoms with E-state index in [1.54, 1.807) is 17.0 Å². The Morgan fingerprint density at radius 3 is 2.61 bits per heavy atom. The normalized spacial score (nSPS) is 18.4. The molecule has 1 aliphatic rings. The number of rotatable bonds is 2. The lowest BCUT2D eigenvalue weighted by atomic mass is 10.2. The van der Waals surface area contributed by atoms with Gasteiger partial charge in [-0.3, -0.25) is 9.69 Å². The summed E-state index contributed by atoms with van der Waals surface area (Å²) in [7, 11) is 0. The maximum absolute atomic E-state index is 12.0. The number of halogens is 1. The van der Waals surface area contributed by atoms with E-state index in [1.807, 2.05) is 6.92 Å². The van der Waals surface area contributed by atoms with Gasteiger partial charge in [-0.25, -0.2) is 0 Å². The fraction of sp³-hybridized carbons (Fsp3) is 0.500. The number of amides is 1. The van der Waals surface area contributed by atoms with E-state index in [1.165, 1.54) is 0 Å². The smallest absolute Gasteiger partial charge is 0.289 e. The van der Waals surface area contributed by atoms with Crippen molar-refractivity contribution in [1.29, 1.82) is 5.26 Å². The SMILES string of the molecule is CC(C#N)N1CCN(C(=O)c2ccc(Cl)o2)CC1. The molecule has 2 rings (SSSR count). The number of carbonyl (C=O) groups excluding carboxylic acids is 1. The molecule has 1 fully saturated rings. The standard InChI is InChI=1S/C12H14ClN3O2/c1-9(8-14)15-4-6-16(7-5-15)12(17)10-2-3-11(13)18-10/h2-3,9H,4-7H2,1H3. The Morgan fingerprint density at radius 2 is 2.11 bits per heavy atom. The Hall–Kier alpha value is -1.51. The molecule has 2 heterocycles. The largest absolute Gasteiger partial charge is 0.440 e. The second-order valence-corrected chi connectivity index (χ2v) is 4.61.